The summed E-state index contributed by atoms with van der Waals surface area (Å²) in [5.41, 5.74) is 10.7. The van der Waals surface area contributed by atoms with Gasteiger partial charge in [-0.25, -0.2) is 0 Å². The van der Waals surface area contributed by atoms with Gasteiger partial charge in [0.25, 0.3) is 0 Å². The van der Waals surface area contributed by atoms with E-state index in [1.807, 2.05) is 115 Å². The molecular weight excluding hydrogens is 898 g/mol. The third kappa shape index (κ3) is 8.42. The summed E-state index contributed by atoms with van der Waals surface area (Å²) < 4.78 is 56.7. The molecule has 362 valence electrons. The number of methoxy groups -OCH3 is 1. The second-order valence-electron chi connectivity index (χ2n) is 20.7. The average molecular weight is 957 g/mol. The van der Waals surface area contributed by atoms with Crippen molar-refractivity contribution < 1.29 is 27.4 Å². The molecule has 0 N–H and O–H groups in total. The number of ether oxygens (including phenoxy) is 2. The SMILES string of the molecule is CCCCCC1CCC(c2ccc(-c3ccc(C(=O)c4ccc(-c5ccc6c(c5)-c5c(c7c(c8cc(C(F)(F)F)ccc58)OC(c5ccccc5)(c5ccc(OC)cc5)C=C7)C6(C)C)cc4)cc3)cc2)CC1. The Morgan fingerprint density at radius 3 is 1.90 bits per heavy atom. The van der Waals surface area contributed by atoms with Crippen LogP contribution >= 0.6 is 0 Å². The Balaban J connectivity index is 0.885. The first-order valence-corrected chi connectivity index (χ1v) is 25.7. The third-order valence-electron chi connectivity index (χ3n) is 16.1. The van der Waals surface area contributed by atoms with Gasteiger partial charge >= 0.3 is 6.18 Å². The van der Waals surface area contributed by atoms with Crippen molar-refractivity contribution in [2.75, 3.05) is 7.11 Å². The first-order chi connectivity index (χ1) is 34.9. The molecule has 8 aromatic rings. The van der Waals surface area contributed by atoms with Crippen molar-refractivity contribution in [1.29, 1.82) is 0 Å². The molecule has 72 heavy (non-hydrogen) atoms. The number of fused-ring (bicyclic) bond motifs is 8. The lowest BCUT2D eigenvalue weighted by atomic mass is 9.76. The number of hydrogen-bond acceptors (Lipinski definition) is 3. The minimum atomic E-state index is -4.57. The Morgan fingerprint density at radius 2 is 1.28 bits per heavy atom. The maximum absolute atomic E-state index is 14.6. The van der Waals surface area contributed by atoms with E-state index in [1.165, 1.54) is 69.1 Å². The molecule has 0 saturated heterocycles. The van der Waals surface area contributed by atoms with Gasteiger partial charge in [-0.05, 0) is 129 Å². The highest BCUT2D eigenvalue weighted by atomic mass is 19.4. The van der Waals surface area contributed by atoms with E-state index in [1.54, 1.807) is 13.2 Å². The van der Waals surface area contributed by atoms with Crippen LogP contribution in [0, 0.1) is 5.92 Å². The highest BCUT2D eigenvalue weighted by molar-refractivity contribution is 6.10. The zero-order valence-electron chi connectivity index (χ0n) is 41.4. The second kappa shape index (κ2) is 18.8. The number of rotatable bonds is 12. The summed E-state index contributed by atoms with van der Waals surface area (Å²) in [6.45, 7) is 6.63. The number of halogens is 3. The van der Waals surface area contributed by atoms with Crippen molar-refractivity contribution in [2.24, 2.45) is 5.92 Å². The van der Waals surface area contributed by atoms with Gasteiger partial charge in [-0.1, -0.05) is 186 Å². The number of benzene rings is 8. The largest absolute Gasteiger partial charge is 0.497 e. The van der Waals surface area contributed by atoms with Crippen molar-refractivity contribution >= 4 is 22.6 Å². The van der Waals surface area contributed by atoms with Gasteiger partial charge in [0, 0.05) is 38.6 Å². The molecular formula is C66H59F3O3. The molecule has 1 aliphatic heterocycles. The van der Waals surface area contributed by atoms with Gasteiger partial charge in [0.1, 0.15) is 11.5 Å². The van der Waals surface area contributed by atoms with Crippen LogP contribution < -0.4 is 9.47 Å². The van der Waals surface area contributed by atoms with E-state index in [0.717, 1.165) is 67.1 Å². The highest BCUT2D eigenvalue weighted by Crippen LogP contribution is 2.59. The summed E-state index contributed by atoms with van der Waals surface area (Å²) in [6.07, 6.45) is 10.2. The lowest BCUT2D eigenvalue weighted by Crippen LogP contribution is -2.35. The molecule has 2 aliphatic carbocycles. The highest BCUT2D eigenvalue weighted by Gasteiger charge is 2.45. The summed E-state index contributed by atoms with van der Waals surface area (Å²) in [7, 11) is 1.61. The molecule has 1 heterocycles. The molecule has 0 spiro atoms. The Hall–Kier alpha value is -7.18. The fourth-order valence-corrected chi connectivity index (χ4v) is 12.1. The molecule has 8 aromatic carbocycles. The Bertz CT molecular complexity index is 3320. The molecule has 1 atom stereocenters. The van der Waals surface area contributed by atoms with Gasteiger partial charge in [0.15, 0.2) is 11.4 Å². The van der Waals surface area contributed by atoms with Crippen molar-refractivity contribution in [3.8, 4) is 44.9 Å². The van der Waals surface area contributed by atoms with E-state index in [-0.39, 0.29) is 5.78 Å². The molecule has 6 heteroatoms. The maximum atomic E-state index is 14.6. The molecule has 0 amide bonds. The standard InChI is InChI=1S/C66H59F3O3/c1-5-6-8-11-42-14-16-43(17-15-42)44-18-20-45(21-19-44)46-22-26-48(27-23-46)62(70)49-28-24-47(25-29-49)50-30-37-59-58(40-50)60-55-36-33-53(66(67,68)69)41-57(55)63-56(61(60)64(59,2)3)38-39-65(72-63,51-12-9-7-10-13-51)52-31-34-54(71-4)35-32-52/h7,9-10,12-13,18-43H,5-6,8,11,14-17H2,1-4H3. The number of unbranched alkanes of at least 4 members (excludes halogenated alkanes) is 2. The molecule has 1 saturated carbocycles. The number of hydrogen-bond donors (Lipinski definition) is 0. The molecule has 1 unspecified atom stereocenters. The van der Waals surface area contributed by atoms with Crippen LogP contribution in [0.2, 0.25) is 0 Å². The molecule has 11 rings (SSSR count). The number of carbonyl (C=O) groups is 1. The molecule has 0 radical (unpaired) electrons. The Morgan fingerprint density at radius 1 is 0.667 bits per heavy atom. The van der Waals surface area contributed by atoms with Crippen molar-refractivity contribution in [2.45, 2.75) is 95.2 Å². The normalized spacial score (nSPS) is 18.8. The zero-order valence-corrected chi connectivity index (χ0v) is 41.4. The Kier molecular flexibility index (Phi) is 12.3. The fourth-order valence-electron chi connectivity index (χ4n) is 12.1. The van der Waals surface area contributed by atoms with Crippen molar-refractivity contribution in [3.63, 3.8) is 0 Å². The van der Waals surface area contributed by atoms with Crippen LogP contribution in [0.15, 0.2) is 170 Å². The van der Waals surface area contributed by atoms with Crippen LogP contribution in [0.1, 0.15) is 133 Å². The first kappa shape index (κ1) is 47.2. The molecule has 3 aliphatic rings. The average Bonchev–Trinajstić information content (AvgIpc) is 3.66. The van der Waals surface area contributed by atoms with Crippen LogP contribution in [0.3, 0.4) is 0 Å². The van der Waals surface area contributed by atoms with E-state index in [9.17, 15) is 18.0 Å². The minimum absolute atomic E-state index is 0.0496. The number of carbonyl (C=O) groups excluding carboxylic acids is 1. The maximum Gasteiger partial charge on any atom is 0.416 e. The van der Waals surface area contributed by atoms with E-state index >= 15 is 0 Å². The number of alkyl halides is 3. The predicted molar refractivity (Wildman–Crippen MR) is 286 cm³/mol. The molecule has 1 fully saturated rings. The second-order valence-corrected chi connectivity index (χ2v) is 20.7. The van der Waals surface area contributed by atoms with Crippen LogP contribution in [0.5, 0.6) is 11.5 Å². The van der Waals surface area contributed by atoms with Gasteiger partial charge < -0.3 is 9.47 Å². The van der Waals surface area contributed by atoms with Crippen molar-refractivity contribution in [3.05, 3.63) is 220 Å². The summed E-state index contributed by atoms with van der Waals surface area (Å²) in [4.78, 5) is 13.9. The van der Waals surface area contributed by atoms with E-state index in [4.69, 9.17) is 9.47 Å². The minimum Gasteiger partial charge on any atom is -0.497 e. The fraction of sp³-hybridized carbons (Fsp3) is 0.258. The van der Waals surface area contributed by atoms with E-state index in [0.29, 0.717) is 39.3 Å². The van der Waals surface area contributed by atoms with Gasteiger partial charge in [-0.15, -0.1) is 0 Å². The monoisotopic (exact) mass is 956 g/mol. The van der Waals surface area contributed by atoms with Gasteiger partial charge in [0.05, 0.1) is 12.7 Å². The molecule has 3 nitrogen and oxygen atoms in total. The summed E-state index contributed by atoms with van der Waals surface area (Å²) in [5.74, 6) is 2.58. The van der Waals surface area contributed by atoms with Crippen LogP contribution in [-0.2, 0) is 17.2 Å². The van der Waals surface area contributed by atoms with Gasteiger partial charge in [-0.3, -0.25) is 4.79 Å². The van der Waals surface area contributed by atoms with Gasteiger partial charge in [-0.2, -0.15) is 13.2 Å². The predicted octanol–water partition coefficient (Wildman–Crippen LogP) is 17.9. The summed E-state index contributed by atoms with van der Waals surface area (Å²) in [6, 6.07) is 52.5. The molecule has 0 aromatic heterocycles. The van der Waals surface area contributed by atoms with E-state index in [2.05, 4.69) is 63.2 Å². The Labute approximate surface area is 421 Å². The van der Waals surface area contributed by atoms with Crippen LogP contribution in [0.25, 0.3) is 50.2 Å². The smallest absolute Gasteiger partial charge is 0.416 e. The first-order valence-electron chi connectivity index (χ1n) is 25.7. The molecule has 0 bridgehead atoms. The number of ketones is 1. The lowest BCUT2D eigenvalue weighted by molar-refractivity contribution is -0.137. The van der Waals surface area contributed by atoms with Crippen LogP contribution in [-0.4, -0.2) is 12.9 Å². The summed E-state index contributed by atoms with van der Waals surface area (Å²) >= 11 is 0. The lowest BCUT2D eigenvalue weighted by Gasteiger charge is -2.38. The van der Waals surface area contributed by atoms with Gasteiger partial charge in [0.2, 0.25) is 0 Å². The van der Waals surface area contributed by atoms with Crippen LogP contribution in [0.4, 0.5) is 13.2 Å². The zero-order chi connectivity index (χ0) is 49.8. The third-order valence-corrected chi connectivity index (χ3v) is 16.1. The van der Waals surface area contributed by atoms with E-state index < -0.39 is 22.8 Å². The topological polar surface area (TPSA) is 35.5 Å². The van der Waals surface area contributed by atoms with Crippen molar-refractivity contribution in [1.82, 2.24) is 0 Å². The summed E-state index contributed by atoms with van der Waals surface area (Å²) in [5, 5.41) is 1.07. The quantitative estimate of drug-likeness (QED) is 0.0904.